The molecule has 0 saturated carbocycles. The Morgan fingerprint density at radius 3 is 2.18 bits per heavy atom. The van der Waals surface area contributed by atoms with E-state index in [0.29, 0.717) is 18.5 Å². The van der Waals surface area contributed by atoms with Gasteiger partial charge in [0.25, 0.3) is 5.91 Å². The average molecular weight is 489 g/mol. The van der Waals surface area contributed by atoms with E-state index in [4.69, 9.17) is 17.5 Å². The smallest absolute Gasteiger partial charge is 0.393 e. The largest absolute Gasteiger partial charge is 0.417 e. The molecule has 2 aliphatic rings. The molecule has 4 rings (SSSR count). The normalized spacial score (nSPS) is 19.0. The van der Waals surface area contributed by atoms with Crippen molar-refractivity contribution in [3.05, 3.63) is 53.6 Å². The number of benzene rings is 2. The molecular weight excluding hydrogens is 465 g/mol. The Hall–Kier alpha value is -3.16. The molecule has 0 aromatic heterocycles. The van der Waals surface area contributed by atoms with Crippen LogP contribution in [0.15, 0.2) is 42.5 Å². The predicted molar refractivity (Wildman–Crippen MR) is 127 cm³/mol. The third-order valence-electron chi connectivity index (χ3n) is 6.29. The molecule has 0 spiro atoms. The first-order valence-corrected chi connectivity index (χ1v) is 11.2. The van der Waals surface area contributed by atoms with Crippen molar-refractivity contribution in [2.45, 2.75) is 44.5 Å². The number of nitriles is 1. The first kappa shape index (κ1) is 24.0. The number of aliphatic hydroxyl groups excluding tert-OH is 1. The molecule has 2 aromatic rings. The highest BCUT2D eigenvalue weighted by molar-refractivity contribution is 7.81. The number of hydrogen-bond donors (Lipinski definition) is 1. The zero-order valence-electron chi connectivity index (χ0n) is 18.6. The molecule has 34 heavy (non-hydrogen) atoms. The standard InChI is InChI=1S/C24H23F3N4O2S/c1-23(2)21(33)30(18-4-3-15(14-28)20(13-18)24(25,26)27)22(34)31(23)17-7-5-16(6-8-17)29-11-9-19(32)10-12-29/h3-8,13,19,32H,9-12H2,1-2H3. The van der Waals surface area contributed by atoms with E-state index in [2.05, 4.69) is 4.90 Å². The summed E-state index contributed by atoms with van der Waals surface area (Å²) in [6.45, 7) is 4.80. The second-order valence-corrected chi connectivity index (χ2v) is 9.26. The van der Waals surface area contributed by atoms with Crippen molar-refractivity contribution < 1.29 is 23.1 Å². The van der Waals surface area contributed by atoms with Gasteiger partial charge in [-0.15, -0.1) is 0 Å². The maximum Gasteiger partial charge on any atom is 0.417 e. The van der Waals surface area contributed by atoms with Crippen molar-refractivity contribution in [2.24, 2.45) is 0 Å². The van der Waals surface area contributed by atoms with Gasteiger partial charge < -0.3 is 14.9 Å². The quantitative estimate of drug-likeness (QED) is 0.644. The van der Waals surface area contributed by atoms with Gasteiger partial charge in [-0.1, -0.05) is 0 Å². The Bertz CT molecular complexity index is 1170. The van der Waals surface area contributed by atoms with Crippen molar-refractivity contribution in [3.63, 3.8) is 0 Å². The number of alkyl halides is 3. The summed E-state index contributed by atoms with van der Waals surface area (Å²) in [5.41, 5.74) is -1.21. The van der Waals surface area contributed by atoms with Crippen LogP contribution in [0.4, 0.5) is 30.2 Å². The summed E-state index contributed by atoms with van der Waals surface area (Å²) in [6, 6.07) is 12.1. The molecule has 2 aromatic carbocycles. The molecule has 0 radical (unpaired) electrons. The number of anilines is 3. The van der Waals surface area contributed by atoms with Gasteiger partial charge in [0.05, 0.1) is 29.0 Å². The number of hydrogen-bond acceptors (Lipinski definition) is 5. The molecule has 2 saturated heterocycles. The molecule has 0 atom stereocenters. The lowest BCUT2D eigenvalue weighted by molar-refractivity contribution is -0.137. The lowest BCUT2D eigenvalue weighted by Crippen LogP contribution is -2.44. The van der Waals surface area contributed by atoms with Crippen LogP contribution in [0.2, 0.25) is 0 Å². The Balaban J connectivity index is 1.66. The molecule has 6 nitrogen and oxygen atoms in total. The Labute approximate surface area is 200 Å². The molecule has 2 aliphatic heterocycles. The van der Waals surface area contributed by atoms with Crippen molar-refractivity contribution in [3.8, 4) is 6.07 Å². The number of piperidine rings is 1. The summed E-state index contributed by atoms with van der Waals surface area (Å²) in [5, 5.41) is 18.8. The number of amides is 1. The number of carbonyl (C=O) groups is 1. The van der Waals surface area contributed by atoms with Gasteiger partial charge in [0.15, 0.2) is 5.11 Å². The SMILES string of the molecule is CC1(C)C(=O)N(c2ccc(C#N)c(C(F)(F)F)c2)C(=S)N1c1ccc(N2CCC(O)CC2)cc1. The summed E-state index contributed by atoms with van der Waals surface area (Å²) in [4.78, 5) is 18.2. The number of thiocarbonyl (C=S) groups is 1. The molecule has 2 heterocycles. The minimum atomic E-state index is -4.75. The fourth-order valence-electron chi connectivity index (χ4n) is 4.40. The lowest BCUT2D eigenvalue weighted by atomic mass is 10.0. The van der Waals surface area contributed by atoms with E-state index in [9.17, 15) is 23.1 Å². The van der Waals surface area contributed by atoms with Crippen LogP contribution < -0.4 is 14.7 Å². The van der Waals surface area contributed by atoms with Gasteiger partial charge in [-0.3, -0.25) is 9.69 Å². The second-order valence-electron chi connectivity index (χ2n) is 8.89. The van der Waals surface area contributed by atoms with E-state index in [1.165, 1.54) is 6.07 Å². The molecule has 10 heteroatoms. The van der Waals surface area contributed by atoms with Gasteiger partial charge in [-0.25, -0.2) is 0 Å². The number of aliphatic hydroxyl groups is 1. The summed E-state index contributed by atoms with van der Waals surface area (Å²) in [7, 11) is 0. The Kier molecular flexibility index (Phi) is 6.04. The van der Waals surface area contributed by atoms with Crippen LogP contribution in [-0.2, 0) is 11.0 Å². The summed E-state index contributed by atoms with van der Waals surface area (Å²) < 4.78 is 40.5. The number of rotatable bonds is 3. The van der Waals surface area contributed by atoms with Gasteiger partial charge in [-0.05, 0) is 81.4 Å². The first-order valence-electron chi connectivity index (χ1n) is 10.8. The van der Waals surface area contributed by atoms with Crippen LogP contribution in [0.25, 0.3) is 0 Å². The molecule has 1 N–H and O–H groups in total. The average Bonchev–Trinajstić information content (AvgIpc) is 2.97. The van der Waals surface area contributed by atoms with E-state index in [1.807, 2.05) is 24.3 Å². The zero-order chi connectivity index (χ0) is 24.8. The maximum absolute atomic E-state index is 13.5. The monoisotopic (exact) mass is 488 g/mol. The summed E-state index contributed by atoms with van der Waals surface area (Å²) >= 11 is 5.57. The van der Waals surface area contributed by atoms with Crippen LogP contribution in [0.3, 0.4) is 0 Å². The van der Waals surface area contributed by atoms with Crippen molar-refractivity contribution in [2.75, 3.05) is 27.8 Å². The van der Waals surface area contributed by atoms with Crippen LogP contribution in [0.5, 0.6) is 0 Å². The van der Waals surface area contributed by atoms with Gasteiger partial charge in [0.2, 0.25) is 0 Å². The summed E-state index contributed by atoms with van der Waals surface area (Å²) in [6.07, 6.45) is -3.64. The topological polar surface area (TPSA) is 70.8 Å². The molecule has 0 unspecified atom stereocenters. The molecule has 1 amide bonds. The van der Waals surface area contributed by atoms with Crippen LogP contribution in [-0.4, -0.2) is 40.9 Å². The molecule has 178 valence electrons. The van der Waals surface area contributed by atoms with E-state index in [-0.39, 0.29) is 16.9 Å². The predicted octanol–water partition coefficient (Wildman–Crippen LogP) is 4.45. The van der Waals surface area contributed by atoms with Crippen molar-refractivity contribution in [1.29, 1.82) is 5.26 Å². The molecule has 0 aliphatic carbocycles. The van der Waals surface area contributed by atoms with E-state index in [0.717, 1.165) is 35.8 Å². The van der Waals surface area contributed by atoms with Gasteiger partial charge >= 0.3 is 6.18 Å². The van der Waals surface area contributed by atoms with E-state index in [1.54, 1.807) is 24.8 Å². The highest BCUT2D eigenvalue weighted by Gasteiger charge is 2.50. The Morgan fingerprint density at radius 2 is 1.62 bits per heavy atom. The first-order chi connectivity index (χ1) is 15.9. The minimum absolute atomic E-state index is 0.0413. The van der Waals surface area contributed by atoms with Crippen molar-refractivity contribution in [1.82, 2.24) is 0 Å². The number of nitrogens with zero attached hydrogens (tertiary/aromatic N) is 4. The summed E-state index contributed by atoms with van der Waals surface area (Å²) in [5.74, 6) is -0.468. The van der Waals surface area contributed by atoms with Gasteiger partial charge in [0, 0.05) is 24.5 Å². The molecule has 0 bridgehead atoms. The third-order valence-corrected chi connectivity index (χ3v) is 6.66. The van der Waals surface area contributed by atoms with Gasteiger partial charge in [-0.2, -0.15) is 18.4 Å². The maximum atomic E-state index is 13.5. The van der Waals surface area contributed by atoms with Crippen LogP contribution in [0, 0.1) is 11.3 Å². The molecule has 2 fully saturated rings. The van der Waals surface area contributed by atoms with E-state index >= 15 is 0 Å². The second kappa shape index (κ2) is 8.56. The number of carbonyl (C=O) groups excluding carboxylic acids is 1. The fraction of sp³-hybridized carbons (Fsp3) is 0.375. The minimum Gasteiger partial charge on any atom is -0.393 e. The highest BCUT2D eigenvalue weighted by Crippen LogP contribution is 2.40. The van der Waals surface area contributed by atoms with Crippen LogP contribution >= 0.6 is 12.2 Å². The molecular formula is C24H23F3N4O2S. The van der Waals surface area contributed by atoms with E-state index < -0.39 is 28.7 Å². The van der Waals surface area contributed by atoms with Gasteiger partial charge in [0.1, 0.15) is 5.54 Å². The third kappa shape index (κ3) is 4.10. The Morgan fingerprint density at radius 1 is 1.06 bits per heavy atom. The fourth-order valence-corrected chi connectivity index (χ4v) is 4.92. The van der Waals surface area contributed by atoms with Crippen molar-refractivity contribution >= 4 is 40.3 Å². The van der Waals surface area contributed by atoms with Crippen LogP contribution in [0.1, 0.15) is 37.8 Å². The number of halogens is 3. The lowest BCUT2D eigenvalue weighted by Gasteiger charge is -2.33. The zero-order valence-corrected chi connectivity index (χ0v) is 19.5. The highest BCUT2D eigenvalue weighted by atomic mass is 32.1.